The fourth-order valence-corrected chi connectivity index (χ4v) is 5.92. The van der Waals surface area contributed by atoms with Gasteiger partial charge in [0.05, 0.1) is 52.5 Å². The summed E-state index contributed by atoms with van der Waals surface area (Å²) in [6, 6.07) is 14.6. The van der Waals surface area contributed by atoms with Gasteiger partial charge in [-0.15, -0.1) is 0 Å². The van der Waals surface area contributed by atoms with Crippen molar-refractivity contribution in [3.63, 3.8) is 0 Å². The molecule has 0 bridgehead atoms. The molecule has 2 heterocycles. The van der Waals surface area contributed by atoms with Crippen LogP contribution in [-0.2, 0) is 9.53 Å². The highest BCUT2D eigenvalue weighted by molar-refractivity contribution is 7.07. The van der Waals surface area contributed by atoms with Crippen LogP contribution in [0.15, 0.2) is 76.0 Å². The monoisotopic (exact) mass is 632 g/mol. The molecular formula is C30H24N4O10S. The molecule has 0 aliphatic carbocycles. The van der Waals surface area contributed by atoms with E-state index in [4.69, 9.17) is 19.2 Å². The summed E-state index contributed by atoms with van der Waals surface area (Å²) in [6.07, 6.45) is 1.23. The number of methoxy groups -OCH3 is 2. The number of fused-ring (bicyclic) bond motifs is 1. The topological polar surface area (TPSA) is 186 Å². The number of rotatable bonds is 9. The van der Waals surface area contributed by atoms with E-state index in [2.05, 4.69) is 0 Å². The molecule has 0 fully saturated rings. The van der Waals surface area contributed by atoms with Crippen LogP contribution in [0.1, 0.15) is 29.7 Å². The van der Waals surface area contributed by atoms with Gasteiger partial charge < -0.3 is 19.3 Å². The van der Waals surface area contributed by atoms with E-state index in [9.17, 15) is 34.9 Å². The number of hydrogen-bond acceptors (Lipinski definition) is 12. The molecule has 1 N–H and O–H groups in total. The number of nitro benzene ring substituents is 2. The number of carbonyl (C=O) groups is 1. The third-order valence-corrected chi connectivity index (χ3v) is 7.86. The van der Waals surface area contributed by atoms with E-state index in [-0.39, 0.29) is 32.8 Å². The summed E-state index contributed by atoms with van der Waals surface area (Å²) in [5.74, 6) is -1.07. The standard InChI is InChI=1S/C30H24N4O10S/c1-4-44-29(37)24-25(17-8-6-5-7-9-17)31-30-32(26(24)18-10-11-21(42-2)22(15-18)43-3)28(36)23(45-30)14-16-12-19(33(38)39)27(35)20(13-16)34(40)41/h5-15,26,35H,4H2,1-3H3/b23-14-/t26-/m1/s1. The summed E-state index contributed by atoms with van der Waals surface area (Å²) >= 11 is 0.915. The lowest BCUT2D eigenvalue weighted by Gasteiger charge is -2.26. The van der Waals surface area contributed by atoms with E-state index in [1.54, 1.807) is 55.5 Å². The van der Waals surface area contributed by atoms with Gasteiger partial charge in [0.25, 0.3) is 11.3 Å². The van der Waals surface area contributed by atoms with Crippen molar-refractivity contribution in [1.29, 1.82) is 0 Å². The van der Waals surface area contributed by atoms with Crippen LogP contribution in [0.3, 0.4) is 0 Å². The maximum Gasteiger partial charge on any atom is 0.338 e. The lowest BCUT2D eigenvalue weighted by Crippen LogP contribution is -2.40. The SMILES string of the molecule is CCOC(=O)C1=C(c2ccccc2)N=c2s/c(=C\c3cc([N+](=O)[O-])c(O)c([N+](=O)[O-])c3)c(=O)n2[C@@H]1c1ccc(OC)c(OC)c1. The molecule has 1 aliphatic heterocycles. The number of esters is 1. The summed E-state index contributed by atoms with van der Waals surface area (Å²) in [7, 11) is 2.91. The first kappa shape index (κ1) is 30.6. The molecule has 0 spiro atoms. The van der Waals surface area contributed by atoms with Crippen LogP contribution in [0, 0.1) is 20.2 Å². The number of aromatic hydroxyl groups is 1. The van der Waals surface area contributed by atoms with Crippen molar-refractivity contribution in [2.45, 2.75) is 13.0 Å². The van der Waals surface area contributed by atoms with Crippen molar-refractivity contribution in [2.75, 3.05) is 20.8 Å². The lowest BCUT2D eigenvalue weighted by molar-refractivity contribution is -0.396. The first-order valence-corrected chi connectivity index (χ1v) is 14.1. The number of benzene rings is 3. The van der Waals surface area contributed by atoms with Crippen LogP contribution in [-0.4, -0.2) is 46.3 Å². The molecule has 0 saturated heterocycles. The van der Waals surface area contributed by atoms with Crippen molar-refractivity contribution >= 4 is 40.5 Å². The van der Waals surface area contributed by atoms with Crippen molar-refractivity contribution in [3.8, 4) is 17.2 Å². The molecule has 3 aromatic carbocycles. The Morgan fingerprint density at radius 3 is 2.24 bits per heavy atom. The van der Waals surface area contributed by atoms with Gasteiger partial charge in [0.2, 0.25) is 0 Å². The Hall–Kier alpha value is -5.83. The Kier molecular flexibility index (Phi) is 8.45. The van der Waals surface area contributed by atoms with Gasteiger partial charge in [-0.25, -0.2) is 9.79 Å². The van der Waals surface area contributed by atoms with Gasteiger partial charge in [-0.2, -0.15) is 0 Å². The number of phenolic OH excluding ortho intramolecular Hbond substituents is 1. The minimum absolute atomic E-state index is 0.00559. The summed E-state index contributed by atoms with van der Waals surface area (Å²) in [6.45, 7) is 1.70. The first-order chi connectivity index (χ1) is 21.6. The number of phenols is 1. The van der Waals surface area contributed by atoms with Gasteiger partial charge in [-0.1, -0.05) is 47.7 Å². The Balaban J connectivity index is 1.85. The molecule has 15 heteroatoms. The highest BCUT2D eigenvalue weighted by Crippen LogP contribution is 2.39. The second kappa shape index (κ2) is 12.4. The fraction of sp³-hybridized carbons (Fsp3) is 0.167. The molecule has 1 aromatic heterocycles. The van der Waals surface area contributed by atoms with Gasteiger partial charge in [-0.3, -0.25) is 29.6 Å². The zero-order chi connectivity index (χ0) is 32.4. The summed E-state index contributed by atoms with van der Waals surface area (Å²) in [5, 5.41) is 33.1. The van der Waals surface area contributed by atoms with Gasteiger partial charge in [0.1, 0.15) is 0 Å². The van der Waals surface area contributed by atoms with Crippen LogP contribution in [0.25, 0.3) is 11.8 Å². The summed E-state index contributed by atoms with van der Waals surface area (Å²) in [4.78, 5) is 53.7. The predicted molar refractivity (Wildman–Crippen MR) is 162 cm³/mol. The molecule has 1 atom stereocenters. The number of hydrogen-bond donors (Lipinski definition) is 1. The molecule has 0 radical (unpaired) electrons. The Bertz CT molecular complexity index is 2030. The third kappa shape index (κ3) is 5.63. The van der Waals surface area contributed by atoms with E-state index in [0.29, 0.717) is 22.6 Å². The highest BCUT2D eigenvalue weighted by Gasteiger charge is 2.36. The normalized spacial score (nSPS) is 14.4. The molecule has 230 valence electrons. The number of ether oxygens (including phenoxy) is 3. The number of aromatic nitrogens is 1. The molecule has 14 nitrogen and oxygen atoms in total. The van der Waals surface area contributed by atoms with Crippen LogP contribution in [0.5, 0.6) is 17.2 Å². The van der Waals surface area contributed by atoms with Crippen molar-refractivity contribution in [3.05, 3.63) is 123 Å². The van der Waals surface area contributed by atoms with Crippen LogP contribution in [0.2, 0.25) is 0 Å². The highest BCUT2D eigenvalue weighted by atomic mass is 32.1. The van der Waals surface area contributed by atoms with Crippen molar-refractivity contribution < 1.29 is 34.0 Å². The molecule has 5 rings (SSSR count). The maximum atomic E-state index is 14.1. The second-order valence-electron chi connectivity index (χ2n) is 9.47. The largest absolute Gasteiger partial charge is 0.497 e. The van der Waals surface area contributed by atoms with Crippen LogP contribution >= 0.6 is 11.3 Å². The van der Waals surface area contributed by atoms with Gasteiger partial charge in [-0.05, 0) is 36.3 Å². The number of thiazole rings is 1. The molecule has 1 aliphatic rings. The van der Waals surface area contributed by atoms with Crippen LogP contribution in [0.4, 0.5) is 11.4 Å². The molecular weight excluding hydrogens is 608 g/mol. The van der Waals surface area contributed by atoms with Gasteiger partial charge in [0.15, 0.2) is 16.3 Å². The van der Waals surface area contributed by atoms with E-state index in [1.807, 2.05) is 0 Å². The first-order valence-electron chi connectivity index (χ1n) is 13.3. The van der Waals surface area contributed by atoms with E-state index in [1.165, 1.54) is 24.9 Å². The molecule has 0 amide bonds. The minimum Gasteiger partial charge on any atom is -0.497 e. The Morgan fingerprint density at radius 1 is 1.02 bits per heavy atom. The second-order valence-corrected chi connectivity index (χ2v) is 10.5. The Morgan fingerprint density at radius 2 is 1.67 bits per heavy atom. The smallest absolute Gasteiger partial charge is 0.338 e. The fourth-order valence-electron chi connectivity index (χ4n) is 4.92. The van der Waals surface area contributed by atoms with Gasteiger partial charge in [0, 0.05) is 17.7 Å². The summed E-state index contributed by atoms with van der Waals surface area (Å²) in [5.41, 5.74) is -1.14. The molecule has 0 unspecified atom stereocenters. The van der Waals surface area contributed by atoms with Crippen LogP contribution < -0.4 is 24.4 Å². The third-order valence-electron chi connectivity index (χ3n) is 6.88. The molecule has 45 heavy (non-hydrogen) atoms. The quantitative estimate of drug-likeness (QED) is 0.163. The number of carbonyl (C=O) groups excluding carboxylic acids is 1. The average Bonchev–Trinajstić information content (AvgIpc) is 3.34. The molecule has 4 aromatic rings. The number of nitrogens with zero attached hydrogens (tertiary/aromatic N) is 4. The van der Waals surface area contributed by atoms with Gasteiger partial charge >= 0.3 is 17.3 Å². The maximum absolute atomic E-state index is 14.1. The minimum atomic E-state index is -1.11. The van der Waals surface area contributed by atoms with E-state index in [0.717, 1.165) is 23.5 Å². The van der Waals surface area contributed by atoms with Crippen molar-refractivity contribution in [1.82, 2.24) is 4.57 Å². The average molecular weight is 633 g/mol. The zero-order valence-corrected chi connectivity index (χ0v) is 24.8. The predicted octanol–water partition coefficient (Wildman–Crippen LogP) is 3.47. The Labute approximate surface area is 257 Å². The summed E-state index contributed by atoms with van der Waals surface area (Å²) < 4.78 is 17.6. The van der Waals surface area contributed by atoms with Crippen molar-refractivity contribution in [2.24, 2.45) is 4.99 Å². The van der Waals surface area contributed by atoms with E-state index >= 15 is 0 Å². The van der Waals surface area contributed by atoms with E-state index < -0.39 is 44.5 Å². The lowest BCUT2D eigenvalue weighted by atomic mass is 9.93. The molecule has 0 saturated carbocycles. The zero-order valence-electron chi connectivity index (χ0n) is 24.0. The number of nitro groups is 2.